The summed E-state index contributed by atoms with van der Waals surface area (Å²) in [5, 5.41) is 6.57. The maximum absolute atomic E-state index is 12.5. The maximum atomic E-state index is 12.5. The summed E-state index contributed by atoms with van der Waals surface area (Å²) in [6, 6.07) is 14.3. The van der Waals surface area contributed by atoms with E-state index in [1.165, 1.54) is 0 Å². The van der Waals surface area contributed by atoms with Crippen molar-refractivity contribution in [1.29, 1.82) is 0 Å². The van der Waals surface area contributed by atoms with Crippen molar-refractivity contribution in [3.63, 3.8) is 0 Å². The second-order valence-electron chi connectivity index (χ2n) is 6.78. The second kappa shape index (κ2) is 9.00. The third kappa shape index (κ3) is 5.74. The van der Waals surface area contributed by atoms with Gasteiger partial charge in [-0.2, -0.15) is 4.98 Å². The Morgan fingerprint density at radius 1 is 1.14 bits per heavy atom. The lowest BCUT2D eigenvalue weighted by Gasteiger charge is -2.05. The van der Waals surface area contributed by atoms with E-state index in [4.69, 9.17) is 4.52 Å². The number of aromatic nitrogens is 2. The summed E-state index contributed by atoms with van der Waals surface area (Å²) >= 11 is 0. The molecule has 29 heavy (non-hydrogen) atoms. The second-order valence-corrected chi connectivity index (χ2v) is 8.77. The van der Waals surface area contributed by atoms with Gasteiger partial charge in [-0.15, -0.1) is 0 Å². The molecule has 152 valence electrons. The van der Waals surface area contributed by atoms with E-state index >= 15 is 0 Å². The molecule has 0 saturated heterocycles. The van der Waals surface area contributed by atoms with Gasteiger partial charge in [0, 0.05) is 18.5 Å². The molecule has 0 aliphatic rings. The Morgan fingerprint density at radius 3 is 2.62 bits per heavy atom. The van der Waals surface area contributed by atoms with Gasteiger partial charge in [0.2, 0.25) is 11.8 Å². The van der Waals surface area contributed by atoms with Crippen molar-refractivity contribution in [2.45, 2.75) is 43.8 Å². The minimum atomic E-state index is -3.56. The van der Waals surface area contributed by atoms with Crippen LogP contribution in [0.2, 0.25) is 0 Å². The van der Waals surface area contributed by atoms with E-state index < -0.39 is 9.84 Å². The first-order valence-corrected chi connectivity index (χ1v) is 11.0. The van der Waals surface area contributed by atoms with Crippen LogP contribution in [0.1, 0.15) is 36.2 Å². The molecule has 1 heterocycles. The van der Waals surface area contributed by atoms with Crippen molar-refractivity contribution in [1.82, 2.24) is 10.1 Å². The molecule has 0 unspecified atom stereocenters. The van der Waals surface area contributed by atoms with Gasteiger partial charge in [0.1, 0.15) is 5.75 Å². The summed E-state index contributed by atoms with van der Waals surface area (Å²) in [5.74, 6) is -0.214. The highest BCUT2D eigenvalue weighted by Crippen LogP contribution is 2.16. The van der Waals surface area contributed by atoms with Gasteiger partial charge in [0.05, 0.1) is 4.90 Å². The summed E-state index contributed by atoms with van der Waals surface area (Å²) in [7, 11) is -3.56. The zero-order valence-corrected chi connectivity index (χ0v) is 17.2. The van der Waals surface area contributed by atoms with E-state index in [0.717, 1.165) is 23.2 Å². The fraction of sp³-hybridized carbons (Fsp3) is 0.286. The van der Waals surface area contributed by atoms with Crippen LogP contribution in [-0.2, 0) is 33.2 Å². The van der Waals surface area contributed by atoms with Gasteiger partial charge in [0.15, 0.2) is 15.7 Å². The Labute approximate surface area is 170 Å². The number of nitrogens with one attached hydrogen (secondary N) is 1. The quantitative estimate of drug-likeness (QED) is 0.606. The summed E-state index contributed by atoms with van der Waals surface area (Å²) in [5.41, 5.74) is 2.86. The fourth-order valence-corrected chi connectivity index (χ4v) is 3.94. The molecule has 7 nitrogen and oxygen atoms in total. The third-order valence-electron chi connectivity index (χ3n) is 4.39. The molecule has 0 aliphatic carbocycles. The van der Waals surface area contributed by atoms with Crippen LogP contribution in [0.4, 0.5) is 5.69 Å². The highest BCUT2D eigenvalue weighted by Gasteiger charge is 2.19. The first kappa shape index (κ1) is 20.7. The molecule has 0 radical (unpaired) electrons. The van der Waals surface area contributed by atoms with Crippen LogP contribution >= 0.6 is 0 Å². The zero-order valence-electron chi connectivity index (χ0n) is 16.4. The molecule has 3 aromatic rings. The lowest BCUT2D eigenvalue weighted by Crippen LogP contribution is -2.12. The average Bonchev–Trinajstić information content (AvgIpc) is 3.13. The number of carbonyl (C=O) groups excluding carboxylic acids is 1. The average molecular weight is 413 g/mol. The van der Waals surface area contributed by atoms with Gasteiger partial charge in [-0.3, -0.25) is 4.79 Å². The molecule has 3 rings (SSSR count). The molecule has 2 aromatic carbocycles. The predicted octanol–water partition coefficient (Wildman–Crippen LogP) is 3.49. The number of nitrogens with zero attached hydrogens (tertiary/aromatic N) is 2. The number of hydrogen-bond donors (Lipinski definition) is 1. The van der Waals surface area contributed by atoms with Gasteiger partial charge >= 0.3 is 0 Å². The van der Waals surface area contributed by atoms with Crippen molar-refractivity contribution in [3.05, 3.63) is 71.4 Å². The van der Waals surface area contributed by atoms with Crippen LogP contribution in [0.25, 0.3) is 0 Å². The molecule has 1 aromatic heterocycles. The molecule has 0 spiro atoms. The van der Waals surface area contributed by atoms with Gasteiger partial charge in [-0.25, -0.2) is 8.42 Å². The molecule has 1 N–H and O–H groups in total. The Morgan fingerprint density at radius 2 is 1.90 bits per heavy atom. The number of amides is 1. The summed E-state index contributed by atoms with van der Waals surface area (Å²) in [4.78, 5) is 16.5. The van der Waals surface area contributed by atoms with E-state index in [1.807, 2.05) is 38.1 Å². The zero-order chi connectivity index (χ0) is 20.9. The number of anilines is 1. The molecule has 0 fully saturated rings. The monoisotopic (exact) mass is 413 g/mol. The van der Waals surface area contributed by atoms with Crippen molar-refractivity contribution >= 4 is 21.4 Å². The number of aryl methyl sites for hydroxylation is 3. The lowest BCUT2D eigenvalue weighted by molar-refractivity contribution is -0.116. The Hall–Kier alpha value is -3.00. The Kier molecular flexibility index (Phi) is 6.43. The standard InChI is InChI=1S/C21H23N3O4S/c1-3-16-5-4-6-17(13-16)22-20(25)11-12-21-23-19(24-28-21)14-29(26,27)18-9-7-15(2)8-10-18/h4-10,13H,3,11-12,14H2,1-2H3,(H,22,25). The van der Waals surface area contributed by atoms with Crippen molar-refractivity contribution in [2.24, 2.45) is 0 Å². The molecular weight excluding hydrogens is 390 g/mol. The fourth-order valence-electron chi connectivity index (χ4n) is 2.76. The minimum Gasteiger partial charge on any atom is -0.339 e. The largest absolute Gasteiger partial charge is 0.339 e. The lowest BCUT2D eigenvalue weighted by atomic mass is 10.1. The van der Waals surface area contributed by atoms with Crippen LogP contribution < -0.4 is 5.32 Å². The van der Waals surface area contributed by atoms with E-state index in [-0.39, 0.29) is 41.1 Å². The highest BCUT2D eigenvalue weighted by atomic mass is 32.2. The summed E-state index contributed by atoms with van der Waals surface area (Å²) < 4.78 is 30.0. The molecule has 1 amide bonds. The third-order valence-corrected chi connectivity index (χ3v) is 6.02. The maximum Gasteiger partial charge on any atom is 0.227 e. The molecular formula is C21H23N3O4S. The smallest absolute Gasteiger partial charge is 0.227 e. The van der Waals surface area contributed by atoms with E-state index in [1.54, 1.807) is 24.3 Å². The molecule has 0 atom stereocenters. The molecule has 0 bridgehead atoms. The van der Waals surface area contributed by atoms with Crippen LogP contribution in [0.3, 0.4) is 0 Å². The first-order chi connectivity index (χ1) is 13.9. The van der Waals surface area contributed by atoms with E-state index in [0.29, 0.717) is 0 Å². The van der Waals surface area contributed by atoms with Gasteiger partial charge in [0.25, 0.3) is 0 Å². The predicted molar refractivity (Wildman–Crippen MR) is 109 cm³/mol. The molecule has 0 saturated carbocycles. The minimum absolute atomic E-state index is 0.0802. The van der Waals surface area contributed by atoms with Gasteiger partial charge < -0.3 is 9.84 Å². The van der Waals surface area contributed by atoms with Crippen molar-refractivity contribution in [2.75, 3.05) is 5.32 Å². The number of sulfone groups is 1. The van der Waals surface area contributed by atoms with Crippen LogP contribution in [0.5, 0.6) is 0 Å². The number of hydrogen-bond acceptors (Lipinski definition) is 6. The van der Waals surface area contributed by atoms with Gasteiger partial charge in [-0.1, -0.05) is 41.9 Å². The Bertz CT molecular complexity index is 1090. The van der Waals surface area contributed by atoms with E-state index in [9.17, 15) is 13.2 Å². The topological polar surface area (TPSA) is 102 Å². The normalized spacial score (nSPS) is 11.4. The summed E-state index contributed by atoms with van der Waals surface area (Å²) in [6.07, 6.45) is 1.28. The Balaban J connectivity index is 1.56. The van der Waals surface area contributed by atoms with E-state index in [2.05, 4.69) is 15.5 Å². The number of benzene rings is 2. The highest BCUT2D eigenvalue weighted by molar-refractivity contribution is 7.90. The summed E-state index contributed by atoms with van der Waals surface area (Å²) in [6.45, 7) is 3.94. The van der Waals surface area contributed by atoms with Crippen molar-refractivity contribution < 1.29 is 17.7 Å². The van der Waals surface area contributed by atoms with Crippen molar-refractivity contribution in [3.8, 4) is 0 Å². The van der Waals surface area contributed by atoms with Crippen LogP contribution in [0.15, 0.2) is 57.9 Å². The SMILES string of the molecule is CCc1cccc(NC(=O)CCc2nc(CS(=O)(=O)c3ccc(C)cc3)no2)c1. The number of rotatable bonds is 8. The van der Waals surface area contributed by atoms with Crippen LogP contribution in [0, 0.1) is 6.92 Å². The number of carbonyl (C=O) groups is 1. The molecule has 8 heteroatoms. The first-order valence-electron chi connectivity index (χ1n) is 9.35. The molecule has 0 aliphatic heterocycles. The van der Waals surface area contributed by atoms with Gasteiger partial charge in [-0.05, 0) is 43.2 Å². The van der Waals surface area contributed by atoms with Crippen LogP contribution in [-0.4, -0.2) is 24.5 Å².